The molecule has 2 unspecified atom stereocenters. The Kier molecular flexibility index (Phi) is 3.83. The van der Waals surface area contributed by atoms with Crippen LogP contribution in [0.1, 0.15) is 31.0 Å². The number of hydrogen-bond acceptors (Lipinski definition) is 2. The molecule has 3 rings (SSSR count). The molecule has 1 fully saturated rings. The molecule has 5 heteroatoms. The van der Waals surface area contributed by atoms with Crippen LogP contribution in [0.15, 0.2) is 22.7 Å². The predicted octanol–water partition coefficient (Wildman–Crippen LogP) is 4.28. The highest BCUT2D eigenvalue weighted by atomic mass is 79.9. The van der Waals surface area contributed by atoms with E-state index in [2.05, 4.69) is 31.5 Å². The molecule has 0 aliphatic carbocycles. The summed E-state index contributed by atoms with van der Waals surface area (Å²) in [6, 6.07) is 6.13. The van der Waals surface area contributed by atoms with Gasteiger partial charge in [0.05, 0.1) is 29.1 Å². The summed E-state index contributed by atoms with van der Waals surface area (Å²) in [5.74, 6) is 0.922. The Labute approximate surface area is 126 Å². The van der Waals surface area contributed by atoms with Crippen LogP contribution in [0.25, 0.3) is 11.0 Å². The quantitative estimate of drug-likeness (QED) is 0.778. The van der Waals surface area contributed by atoms with Gasteiger partial charge in [-0.3, -0.25) is 0 Å². The Morgan fingerprint density at radius 1 is 1.58 bits per heavy atom. The summed E-state index contributed by atoms with van der Waals surface area (Å²) in [4.78, 5) is 4.65. The second-order valence-corrected chi connectivity index (χ2v) is 6.54. The molecule has 2 heterocycles. The number of benzene rings is 1. The van der Waals surface area contributed by atoms with E-state index in [1.165, 1.54) is 0 Å². The van der Waals surface area contributed by atoms with Gasteiger partial charge >= 0.3 is 0 Å². The Balaban J connectivity index is 2.06. The maximum Gasteiger partial charge on any atom is 0.127 e. The Bertz CT molecular complexity index is 590. The largest absolute Gasteiger partial charge is 0.376 e. The molecule has 3 nitrogen and oxygen atoms in total. The van der Waals surface area contributed by atoms with Gasteiger partial charge in [-0.15, -0.1) is 11.6 Å². The second kappa shape index (κ2) is 5.43. The molecule has 19 heavy (non-hydrogen) atoms. The van der Waals surface area contributed by atoms with Crippen LogP contribution in [0.5, 0.6) is 0 Å². The van der Waals surface area contributed by atoms with Crippen molar-refractivity contribution >= 4 is 38.6 Å². The molecule has 2 aromatic rings. The summed E-state index contributed by atoms with van der Waals surface area (Å²) < 4.78 is 9.00. The number of fused-ring (bicyclic) bond motifs is 1. The number of alkyl halides is 1. The second-order valence-electron chi connectivity index (χ2n) is 4.96. The van der Waals surface area contributed by atoms with E-state index >= 15 is 0 Å². The van der Waals surface area contributed by atoms with Crippen molar-refractivity contribution < 1.29 is 4.74 Å². The van der Waals surface area contributed by atoms with E-state index in [1.807, 2.05) is 19.1 Å². The maximum absolute atomic E-state index is 6.27. The van der Waals surface area contributed by atoms with Crippen molar-refractivity contribution in [2.24, 2.45) is 0 Å². The molecular formula is C14H16BrClN2O. The first-order valence-corrected chi connectivity index (χ1v) is 7.79. The minimum atomic E-state index is -0.104. The van der Waals surface area contributed by atoms with Gasteiger partial charge in [0, 0.05) is 11.1 Å². The molecule has 0 saturated carbocycles. The molecule has 0 spiro atoms. The van der Waals surface area contributed by atoms with Gasteiger partial charge in [0.15, 0.2) is 0 Å². The summed E-state index contributed by atoms with van der Waals surface area (Å²) in [6.45, 7) is 3.66. The number of nitrogens with zero attached hydrogens (tertiary/aromatic N) is 2. The number of imidazole rings is 1. The molecule has 2 atom stereocenters. The third kappa shape index (κ3) is 2.67. The van der Waals surface area contributed by atoms with Crippen LogP contribution in [0, 0.1) is 0 Å². The van der Waals surface area contributed by atoms with E-state index in [1.54, 1.807) is 0 Å². The fraction of sp³-hybridized carbons (Fsp3) is 0.500. The molecular weight excluding hydrogens is 328 g/mol. The van der Waals surface area contributed by atoms with Gasteiger partial charge in [-0.05, 0) is 38.0 Å². The zero-order chi connectivity index (χ0) is 13.4. The van der Waals surface area contributed by atoms with Gasteiger partial charge in [0.25, 0.3) is 0 Å². The molecule has 1 aliphatic rings. The molecule has 0 radical (unpaired) electrons. The molecule has 1 aliphatic heterocycles. The van der Waals surface area contributed by atoms with E-state index in [9.17, 15) is 0 Å². The average molecular weight is 344 g/mol. The van der Waals surface area contributed by atoms with Crippen molar-refractivity contribution in [3.8, 4) is 0 Å². The first kappa shape index (κ1) is 13.4. The van der Waals surface area contributed by atoms with Gasteiger partial charge in [-0.25, -0.2) is 4.98 Å². The van der Waals surface area contributed by atoms with E-state index < -0.39 is 0 Å². The van der Waals surface area contributed by atoms with E-state index in [-0.39, 0.29) is 11.5 Å². The number of ether oxygens (including phenoxy) is 1. The highest BCUT2D eigenvalue weighted by Gasteiger charge is 2.21. The van der Waals surface area contributed by atoms with Crippen LogP contribution in [-0.2, 0) is 11.3 Å². The fourth-order valence-electron chi connectivity index (χ4n) is 2.60. The molecule has 1 aromatic heterocycles. The lowest BCUT2D eigenvalue weighted by Crippen LogP contribution is -2.17. The third-order valence-electron chi connectivity index (χ3n) is 3.51. The van der Waals surface area contributed by atoms with Gasteiger partial charge in [-0.2, -0.15) is 0 Å². The van der Waals surface area contributed by atoms with Crippen molar-refractivity contribution in [3.05, 3.63) is 28.5 Å². The standard InChI is InChI=1S/C14H16BrClN2O/c1-9(16)14-17-12-5-4-10(15)7-13(12)18(14)8-11-3-2-6-19-11/h4-5,7,9,11H,2-3,6,8H2,1H3. The summed E-state index contributed by atoms with van der Waals surface area (Å²) in [7, 11) is 0. The zero-order valence-corrected chi connectivity index (χ0v) is 13.1. The monoisotopic (exact) mass is 342 g/mol. The van der Waals surface area contributed by atoms with Gasteiger partial charge in [-0.1, -0.05) is 15.9 Å². The SMILES string of the molecule is CC(Cl)c1nc2ccc(Br)cc2n1CC1CCCO1. The summed E-state index contributed by atoms with van der Waals surface area (Å²) in [6.07, 6.45) is 2.54. The van der Waals surface area contributed by atoms with Crippen LogP contribution in [0.2, 0.25) is 0 Å². The lowest BCUT2D eigenvalue weighted by molar-refractivity contribution is 0.0972. The van der Waals surface area contributed by atoms with Crippen LogP contribution in [0.3, 0.4) is 0 Å². The van der Waals surface area contributed by atoms with Crippen LogP contribution >= 0.6 is 27.5 Å². The topological polar surface area (TPSA) is 27.1 Å². The predicted molar refractivity (Wildman–Crippen MR) is 80.7 cm³/mol. The lowest BCUT2D eigenvalue weighted by atomic mass is 10.2. The minimum absolute atomic E-state index is 0.104. The summed E-state index contributed by atoms with van der Waals surface area (Å²) in [5.41, 5.74) is 2.11. The lowest BCUT2D eigenvalue weighted by Gasteiger charge is -2.15. The molecule has 0 N–H and O–H groups in total. The zero-order valence-electron chi connectivity index (χ0n) is 10.8. The number of hydrogen-bond donors (Lipinski definition) is 0. The smallest absolute Gasteiger partial charge is 0.127 e. The van der Waals surface area contributed by atoms with Crippen molar-refractivity contribution in [2.75, 3.05) is 6.61 Å². The Morgan fingerprint density at radius 3 is 3.11 bits per heavy atom. The van der Waals surface area contributed by atoms with Crippen molar-refractivity contribution in [1.29, 1.82) is 0 Å². The number of rotatable bonds is 3. The minimum Gasteiger partial charge on any atom is -0.376 e. The van der Waals surface area contributed by atoms with Gasteiger partial charge in [0.1, 0.15) is 5.82 Å². The maximum atomic E-state index is 6.27. The highest BCUT2D eigenvalue weighted by molar-refractivity contribution is 9.10. The summed E-state index contributed by atoms with van der Waals surface area (Å²) >= 11 is 9.79. The Hall–Kier alpha value is -0.580. The summed E-state index contributed by atoms with van der Waals surface area (Å²) in [5, 5.41) is -0.104. The number of halogens is 2. The first-order valence-electron chi connectivity index (χ1n) is 6.56. The highest BCUT2D eigenvalue weighted by Crippen LogP contribution is 2.28. The van der Waals surface area contributed by atoms with E-state index in [0.717, 1.165) is 47.3 Å². The molecule has 1 aromatic carbocycles. The van der Waals surface area contributed by atoms with Crippen LogP contribution in [-0.4, -0.2) is 22.3 Å². The molecule has 0 bridgehead atoms. The fourth-order valence-corrected chi connectivity index (χ4v) is 3.12. The van der Waals surface area contributed by atoms with Crippen molar-refractivity contribution in [3.63, 3.8) is 0 Å². The normalized spacial score (nSPS) is 21.1. The van der Waals surface area contributed by atoms with Gasteiger partial charge in [0.2, 0.25) is 0 Å². The molecule has 102 valence electrons. The molecule has 1 saturated heterocycles. The van der Waals surface area contributed by atoms with E-state index in [4.69, 9.17) is 16.3 Å². The molecule has 0 amide bonds. The third-order valence-corrected chi connectivity index (χ3v) is 4.19. The number of aromatic nitrogens is 2. The van der Waals surface area contributed by atoms with E-state index in [0.29, 0.717) is 0 Å². The average Bonchev–Trinajstić information content (AvgIpc) is 2.98. The van der Waals surface area contributed by atoms with Crippen molar-refractivity contribution in [2.45, 2.75) is 37.8 Å². The van der Waals surface area contributed by atoms with Gasteiger partial charge < -0.3 is 9.30 Å². The first-order chi connectivity index (χ1) is 9.15. The Morgan fingerprint density at radius 2 is 2.42 bits per heavy atom. The van der Waals surface area contributed by atoms with Crippen molar-refractivity contribution in [1.82, 2.24) is 9.55 Å². The van der Waals surface area contributed by atoms with Crippen LogP contribution in [0.4, 0.5) is 0 Å². The van der Waals surface area contributed by atoms with Crippen LogP contribution < -0.4 is 0 Å².